The molecule has 0 saturated heterocycles. The van der Waals surface area contributed by atoms with Crippen molar-refractivity contribution >= 4 is 17.6 Å². The molecule has 4 nitrogen and oxygen atoms in total. The Bertz CT molecular complexity index is 840. The first-order chi connectivity index (χ1) is 11.2. The van der Waals surface area contributed by atoms with E-state index in [9.17, 15) is 9.18 Å². The van der Waals surface area contributed by atoms with Crippen molar-refractivity contribution in [2.24, 2.45) is 0 Å². The van der Waals surface area contributed by atoms with Gasteiger partial charge >= 0.3 is 0 Å². The van der Waals surface area contributed by atoms with Crippen LogP contribution in [0.25, 0.3) is 11.7 Å². The summed E-state index contributed by atoms with van der Waals surface area (Å²) in [7, 11) is 0. The van der Waals surface area contributed by atoms with E-state index >= 15 is 0 Å². The quantitative estimate of drug-likeness (QED) is 0.737. The number of fused-ring (bicyclic) bond motifs is 1. The Balaban J connectivity index is 1.52. The van der Waals surface area contributed by atoms with Gasteiger partial charge in [0.1, 0.15) is 11.5 Å². The summed E-state index contributed by atoms with van der Waals surface area (Å²) in [5.41, 5.74) is 2.48. The molecule has 2 aromatic heterocycles. The molecule has 3 aromatic rings. The summed E-state index contributed by atoms with van der Waals surface area (Å²) in [6, 6.07) is 12.6. The molecule has 0 unspecified atom stereocenters. The molecule has 0 aliphatic heterocycles. The molecule has 2 heterocycles. The van der Waals surface area contributed by atoms with E-state index in [1.54, 1.807) is 22.7 Å². The Morgan fingerprint density at radius 3 is 2.83 bits per heavy atom. The van der Waals surface area contributed by atoms with Gasteiger partial charge in [0.2, 0.25) is 5.91 Å². The first-order valence-electron chi connectivity index (χ1n) is 7.35. The van der Waals surface area contributed by atoms with Gasteiger partial charge in [-0.15, -0.1) is 0 Å². The third-order valence-electron chi connectivity index (χ3n) is 3.37. The largest absolute Gasteiger partial charge is 0.352 e. The number of nitrogens with one attached hydrogen (secondary N) is 1. The molecule has 1 N–H and O–H groups in total. The summed E-state index contributed by atoms with van der Waals surface area (Å²) >= 11 is 0. The number of hydrogen-bond donors (Lipinski definition) is 1. The minimum Gasteiger partial charge on any atom is -0.352 e. The number of carbonyl (C=O) groups is 1. The van der Waals surface area contributed by atoms with Gasteiger partial charge in [0.25, 0.3) is 0 Å². The summed E-state index contributed by atoms with van der Waals surface area (Å²) in [5, 5.41) is 2.81. The van der Waals surface area contributed by atoms with Crippen LogP contribution in [0.4, 0.5) is 4.39 Å². The van der Waals surface area contributed by atoms with Crippen molar-refractivity contribution in [2.75, 3.05) is 6.54 Å². The highest BCUT2D eigenvalue weighted by Crippen LogP contribution is 2.07. The molecule has 0 saturated carbocycles. The van der Waals surface area contributed by atoms with E-state index in [1.807, 2.05) is 30.3 Å². The smallest absolute Gasteiger partial charge is 0.244 e. The highest BCUT2D eigenvalue weighted by molar-refractivity contribution is 5.91. The minimum atomic E-state index is -0.305. The third kappa shape index (κ3) is 4.03. The van der Waals surface area contributed by atoms with E-state index < -0.39 is 0 Å². The molecular formula is C18H16FN3O. The van der Waals surface area contributed by atoms with Gasteiger partial charge in [-0.1, -0.05) is 30.3 Å². The second-order valence-electron chi connectivity index (χ2n) is 5.13. The topological polar surface area (TPSA) is 46.4 Å². The van der Waals surface area contributed by atoms with E-state index in [2.05, 4.69) is 10.3 Å². The summed E-state index contributed by atoms with van der Waals surface area (Å²) in [5.74, 6) is -0.454. The van der Waals surface area contributed by atoms with Gasteiger partial charge in [0.05, 0.1) is 5.69 Å². The number of amides is 1. The molecule has 1 aromatic carbocycles. The molecule has 0 atom stereocenters. The molecule has 3 rings (SSSR count). The van der Waals surface area contributed by atoms with Gasteiger partial charge in [-0.2, -0.15) is 0 Å². The van der Waals surface area contributed by atoms with E-state index in [0.717, 1.165) is 11.3 Å². The van der Waals surface area contributed by atoms with Crippen LogP contribution in [-0.4, -0.2) is 21.8 Å². The first-order valence-corrected chi connectivity index (χ1v) is 7.35. The van der Waals surface area contributed by atoms with Crippen LogP contribution in [0.5, 0.6) is 0 Å². The average molecular weight is 309 g/mol. The highest BCUT2D eigenvalue weighted by Gasteiger charge is 2.03. The van der Waals surface area contributed by atoms with Gasteiger partial charge < -0.3 is 9.72 Å². The van der Waals surface area contributed by atoms with Crippen LogP contribution in [0.15, 0.2) is 60.9 Å². The van der Waals surface area contributed by atoms with Crippen LogP contribution < -0.4 is 5.32 Å². The Kier molecular flexibility index (Phi) is 4.47. The number of rotatable bonds is 5. The predicted molar refractivity (Wildman–Crippen MR) is 87.3 cm³/mol. The highest BCUT2D eigenvalue weighted by atomic mass is 19.1. The summed E-state index contributed by atoms with van der Waals surface area (Å²) in [4.78, 5) is 16.1. The fourth-order valence-electron chi connectivity index (χ4n) is 2.25. The maximum Gasteiger partial charge on any atom is 0.244 e. The zero-order chi connectivity index (χ0) is 16.1. The fourth-order valence-corrected chi connectivity index (χ4v) is 2.25. The molecule has 0 aliphatic rings. The van der Waals surface area contributed by atoms with Gasteiger partial charge in [0.15, 0.2) is 0 Å². The SMILES string of the molecule is O=C(/C=C/c1ccccc1)NCCc1cn2cc(F)ccc2n1. The number of aromatic nitrogens is 2. The molecule has 23 heavy (non-hydrogen) atoms. The standard InChI is InChI=1S/C18H16FN3O/c19-15-7-8-17-21-16(13-22(17)12-15)10-11-20-18(23)9-6-14-4-2-1-3-5-14/h1-9,12-13H,10-11H2,(H,20,23)/b9-6+. The lowest BCUT2D eigenvalue weighted by Gasteiger charge is -1.99. The van der Waals surface area contributed by atoms with Crippen LogP contribution in [0.1, 0.15) is 11.3 Å². The summed E-state index contributed by atoms with van der Waals surface area (Å²) in [6.07, 6.45) is 7.02. The van der Waals surface area contributed by atoms with Crippen LogP contribution in [0, 0.1) is 5.82 Å². The van der Waals surface area contributed by atoms with Gasteiger partial charge in [-0.25, -0.2) is 9.37 Å². The molecule has 0 spiro atoms. The molecule has 1 amide bonds. The van der Waals surface area contributed by atoms with Gasteiger partial charge in [-0.3, -0.25) is 4.79 Å². The average Bonchev–Trinajstić information content (AvgIpc) is 2.95. The van der Waals surface area contributed by atoms with Crippen LogP contribution in [0.3, 0.4) is 0 Å². The normalized spacial score (nSPS) is 11.2. The van der Waals surface area contributed by atoms with Gasteiger partial charge in [0, 0.05) is 31.4 Å². The fraction of sp³-hybridized carbons (Fsp3) is 0.111. The lowest BCUT2D eigenvalue weighted by Crippen LogP contribution is -2.23. The lowest BCUT2D eigenvalue weighted by atomic mass is 10.2. The Morgan fingerprint density at radius 2 is 2.00 bits per heavy atom. The number of pyridine rings is 1. The molecule has 116 valence electrons. The predicted octanol–water partition coefficient (Wildman–Crippen LogP) is 2.85. The number of benzene rings is 1. The molecular weight excluding hydrogens is 293 g/mol. The zero-order valence-corrected chi connectivity index (χ0v) is 12.4. The number of hydrogen-bond acceptors (Lipinski definition) is 2. The maximum absolute atomic E-state index is 13.1. The second kappa shape index (κ2) is 6.87. The van der Waals surface area contributed by atoms with Crippen molar-refractivity contribution in [2.45, 2.75) is 6.42 Å². The summed E-state index contributed by atoms with van der Waals surface area (Å²) < 4.78 is 14.8. The van der Waals surface area contributed by atoms with Crippen molar-refractivity contribution in [3.8, 4) is 0 Å². The molecule has 0 fully saturated rings. The van der Waals surface area contributed by atoms with Crippen LogP contribution in [0.2, 0.25) is 0 Å². The monoisotopic (exact) mass is 309 g/mol. The zero-order valence-electron chi connectivity index (χ0n) is 12.4. The number of imidazole rings is 1. The minimum absolute atomic E-state index is 0.149. The lowest BCUT2D eigenvalue weighted by molar-refractivity contribution is -0.116. The van der Waals surface area contributed by atoms with Gasteiger partial charge in [-0.05, 0) is 23.8 Å². The van der Waals surface area contributed by atoms with E-state index in [4.69, 9.17) is 0 Å². The number of halogens is 1. The van der Waals surface area contributed by atoms with E-state index in [-0.39, 0.29) is 11.7 Å². The van der Waals surface area contributed by atoms with Crippen LogP contribution >= 0.6 is 0 Å². The van der Waals surface area contributed by atoms with Crippen molar-refractivity contribution < 1.29 is 9.18 Å². The Labute approximate surface area is 133 Å². The van der Waals surface area contributed by atoms with E-state index in [1.165, 1.54) is 18.3 Å². The van der Waals surface area contributed by atoms with Crippen molar-refractivity contribution in [3.63, 3.8) is 0 Å². The molecule has 5 heteroatoms. The molecule has 0 aliphatic carbocycles. The van der Waals surface area contributed by atoms with Crippen molar-refractivity contribution in [1.82, 2.24) is 14.7 Å². The summed E-state index contributed by atoms with van der Waals surface area (Å²) in [6.45, 7) is 0.477. The first kappa shape index (κ1) is 15.0. The Morgan fingerprint density at radius 1 is 1.17 bits per heavy atom. The Hall–Kier alpha value is -2.95. The number of nitrogens with zero attached hydrogens (tertiary/aromatic N) is 2. The van der Waals surface area contributed by atoms with Crippen LogP contribution in [-0.2, 0) is 11.2 Å². The molecule has 0 bridgehead atoms. The van der Waals surface area contributed by atoms with E-state index in [0.29, 0.717) is 18.6 Å². The van der Waals surface area contributed by atoms with Crippen molar-refractivity contribution in [3.05, 3.63) is 78.0 Å². The molecule has 0 radical (unpaired) electrons. The number of carbonyl (C=O) groups excluding carboxylic acids is 1. The van der Waals surface area contributed by atoms with Crippen molar-refractivity contribution in [1.29, 1.82) is 0 Å². The maximum atomic E-state index is 13.1. The second-order valence-corrected chi connectivity index (χ2v) is 5.13. The third-order valence-corrected chi connectivity index (χ3v) is 3.37.